The summed E-state index contributed by atoms with van der Waals surface area (Å²) in [6.07, 6.45) is 1.58. The Bertz CT molecular complexity index is 713. The van der Waals surface area contributed by atoms with E-state index in [4.69, 9.17) is 11.6 Å². The van der Waals surface area contributed by atoms with Crippen molar-refractivity contribution in [1.29, 1.82) is 0 Å². The fourth-order valence-corrected chi connectivity index (χ4v) is 2.27. The topological polar surface area (TPSA) is 51.1 Å². The third-order valence-corrected chi connectivity index (χ3v) is 3.68. The minimum atomic E-state index is -0.282. The minimum Gasteiger partial charge on any atom is -0.324 e. The SMILES string of the molecule is Cc1c(Cl)cccc1NC(=O)Cn1cc(Br)ccc1=O. The molecule has 1 heterocycles. The molecule has 0 aliphatic rings. The maximum atomic E-state index is 12.0. The molecule has 6 heteroatoms. The lowest BCUT2D eigenvalue weighted by molar-refractivity contribution is -0.116. The average Bonchev–Trinajstić information content (AvgIpc) is 2.39. The predicted octanol–water partition coefficient (Wildman–Crippen LogP) is 3.21. The van der Waals surface area contributed by atoms with Gasteiger partial charge in [0.2, 0.25) is 5.91 Å². The number of anilines is 1. The van der Waals surface area contributed by atoms with Crippen LogP contribution in [-0.4, -0.2) is 10.5 Å². The highest BCUT2D eigenvalue weighted by Gasteiger charge is 2.08. The molecule has 20 heavy (non-hydrogen) atoms. The second kappa shape index (κ2) is 6.24. The smallest absolute Gasteiger partial charge is 0.251 e. The van der Waals surface area contributed by atoms with Crippen LogP contribution in [0.3, 0.4) is 0 Å². The first-order valence-corrected chi connectivity index (χ1v) is 7.05. The van der Waals surface area contributed by atoms with E-state index in [-0.39, 0.29) is 18.0 Å². The molecular weight excluding hydrogens is 344 g/mol. The highest BCUT2D eigenvalue weighted by Crippen LogP contribution is 2.22. The number of amides is 1. The van der Waals surface area contributed by atoms with Gasteiger partial charge >= 0.3 is 0 Å². The Labute approximate surface area is 129 Å². The molecule has 0 spiro atoms. The van der Waals surface area contributed by atoms with E-state index in [1.165, 1.54) is 10.6 Å². The highest BCUT2D eigenvalue weighted by atomic mass is 79.9. The van der Waals surface area contributed by atoms with E-state index in [0.717, 1.165) is 10.0 Å². The third kappa shape index (κ3) is 3.49. The first kappa shape index (κ1) is 14.8. The maximum Gasteiger partial charge on any atom is 0.251 e. The first-order valence-electron chi connectivity index (χ1n) is 5.88. The van der Waals surface area contributed by atoms with E-state index in [1.807, 2.05) is 6.92 Å². The molecular formula is C14H12BrClN2O2. The number of nitrogens with zero attached hydrogens (tertiary/aromatic N) is 1. The van der Waals surface area contributed by atoms with Crippen molar-refractivity contribution in [2.75, 3.05) is 5.32 Å². The Morgan fingerprint density at radius 2 is 2.10 bits per heavy atom. The molecule has 0 saturated heterocycles. The summed E-state index contributed by atoms with van der Waals surface area (Å²) in [5, 5.41) is 3.33. The second-order valence-electron chi connectivity index (χ2n) is 4.27. The number of pyridine rings is 1. The quantitative estimate of drug-likeness (QED) is 0.919. The van der Waals surface area contributed by atoms with Crippen LogP contribution in [0, 0.1) is 6.92 Å². The molecule has 0 aliphatic carbocycles. The summed E-state index contributed by atoms with van der Waals surface area (Å²) in [5.41, 5.74) is 1.21. The van der Waals surface area contributed by atoms with Crippen molar-refractivity contribution in [3.8, 4) is 0 Å². The molecule has 1 aromatic heterocycles. The van der Waals surface area contributed by atoms with Crippen LogP contribution in [0.4, 0.5) is 5.69 Å². The molecule has 0 unspecified atom stereocenters. The van der Waals surface area contributed by atoms with Gasteiger partial charge in [-0.3, -0.25) is 9.59 Å². The van der Waals surface area contributed by atoms with E-state index in [9.17, 15) is 9.59 Å². The molecule has 104 valence electrons. The van der Waals surface area contributed by atoms with Crippen LogP contribution >= 0.6 is 27.5 Å². The Morgan fingerprint density at radius 3 is 2.85 bits per heavy atom. The average molecular weight is 356 g/mol. The van der Waals surface area contributed by atoms with Gasteiger partial charge in [0.1, 0.15) is 6.54 Å². The number of hydrogen-bond donors (Lipinski definition) is 1. The van der Waals surface area contributed by atoms with E-state index in [2.05, 4.69) is 21.2 Å². The Morgan fingerprint density at radius 1 is 1.35 bits per heavy atom. The molecule has 1 aromatic carbocycles. The zero-order valence-corrected chi connectivity index (χ0v) is 13.0. The number of nitrogens with one attached hydrogen (secondary N) is 1. The summed E-state index contributed by atoms with van der Waals surface area (Å²) < 4.78 is 2.07. The van der Waals surface area contributed by atoms with Crippen molar-refractivity contribution < 1.29 is 4.79 Å². The van der Waals surface area contributed by atoms with Crippen LogP contribution in [0.15, 0.2) is 45.8 Å². The van der Waals surface area contributed by atoms with Crippen LogP contribution in [0.1, 0.15) is 5.56 Å². The van der Waals surface area contributed by atoms with Crippen molar-refractivity contribution in [3.63, 3.8) is 0 Å². The number of carbonyl (C=O) groups is 1. The van der Waals surface area contributed by atoms with Gasteiger partial charge in [-0.15, -0.1) is 0 Å². The lowest BCUT2D eigenvalue weighted by Crippen LogP contribution is -2.26. The number of hydrogen-bond acceptors (Lipinski definition) is 2. The highest BCUT2D eigenvalue weighted by molar-refractivity contribution is 9.10. The molecule has 1 amide bonds. The molecule has 1 N–H and O–H groups in total. The summed E-state index contributed by atoms with van der Waals surface area (Å²) in [6.45, 7) is 1.77. The van der Waals surface area contributed by atoms with Gasteiger partial charge in [0.15, 0.2) is 0 Å². The fourth-order valence-electron chi connectivity index (χ4n) is 1.71. The molecule has 2 rings (SSSR count). The van der Waals surface area contributed by atoms with Gasteiger partial charge in [-0.2, -0.15) is 0 Å². The molecule has 0 radical (unpaired) electrons. The molecule has 0 atom stereocenters. The van der Waals surface area contributed by atoms with Gasteiger partial charge in [-0.05, 0) is 46.6 Å². The maximum absolute atomic E-state index is 12.0. The standard InChI is InChI=1S/C14H12BrClN2O2/c1-9-11(16)3-2-4-12(9)17-13(19)8-18-7-10(15)5-6-14(18)20/h2-7H,8H2,1H3,(H,17,19). The van der Waals surface area contributed by atoms with E-state index < -0.39 is 0 Å². The monoisotopic (exact) mass is 354 g/mol. The van der Waals surface area contributed by atoms with Crippen molar-refractivity contribution in [2.45, 2.75) is 13.5 Å². The Kier molecular flexibility index (Phi) is 4.62. The van der Waals surface area contributed by atoms with Crippen LogP contribution in [0.5, 0.6) is 0 Å². The normalized spacial score (nSPS) is 10.3. The fraction of sp³-hybridized carbons (Fsp3) is 0.143. The van der Waals surface area contributed by atoms with Gasteiger partial charge < -0.3 is 9.88 Å². The number of rotatable bonds is 3. The molecule has 2 aromatic rings. The Balaban J connectivity index is 2.15. The molecule has 0 saturated carbocycles. The zero-order chi connectivity index (χ0) is 14.7. The number of benzene rings is 1. The second-order valence-corrected chi connectivity index (χ2v) is 5.60. The van der Waals surface area contributed by atoms with Crippen molar-refractivity contribution >= 4 is 39.1 Å². The van der Waals surface area contributed by atoms with Crippen LogP contribution in [0.25, 0.3) is 0 Å². The molecule has 4 nitrogen and oxygen atoms in total. The van der Waals surface area contributed by atoms with Gasteiger partial charge in [-0.25, -0.2) is 0 Å². The van der Waals surface area contributed by atoms with Crippen molar-refractivity contribution in [3.05, 3.63) is 61.9 Å². The first-order chi connectivity index (χ1) is 9.47. The summed E-state index contributed by atoms with van der Waals surface area (Å²) in [6, 6.07) is 8.32. The minimum absolute atomic E-state index is 0.0514. The number of aromatic nitrogens is 1. The van der Waals surface area contributed by atoms with Crippen LogP contribution < -0.4 is 10.9 Å². The van der Waals surface area contributed by atoms with E-state index in [0.29, 0.717) is 10.7 Å². The summed E-state index contributed by atoms with van der Waals surface area (Å²) in [7, 11) is 0. The summed E-state index contributed by atoms with van der Waals surface area (Å²) in [4.78, 5) is 23.6. The largest absolute Gasteiger partial charge is 0.324 e. The van der Waals surface area contributed by atoms with Crippen LogP contribution in [0.2, 0.25) is 5.02 Å². The lowest BCUT2D eigenvalue weighted by Gasteiger charge is -2.10. The van der Waals surface area contributed by atoms with Gasteiger partial charge in [0.05, 0.1) is 0 Å². The Hall–Kier alpha value is -1.59. The van der Waals surface area contributed by atoms with Gasteiger partial charge in [-0.1, -0.05) is 17.7 Å². The van der Waals surface area contributed by atoms with Crippen molar-refractivity contribution in [1.82, 2.24) is 4.57 Å². The van der Waals surface area contributed by atoms with E-state index in [1.54, 1.807) is 30.5 Å². The third-order valence-electron chi connectivity index (χ3n) is 2.80. The molecule has 0 bridgehead atoms. The van der Waals surface area contributed by atoms with Gasteiger partial charge in [0, 0.05) is 27.4 Å². The zero-order valence-electron chi connectivity index (χ0n) is 10.7. The summed E-state index contributed by atoms with van der Waals surface area (Å²) >= 11 is 9.26. The predicted molar refractivity (Wildman–Crippen MR) is 83.2 cm³/mol. The number of carbonyl (C=O) groups excluding carboxylic acids is 1. The van der Waals surface area contributed by atoms with Crippen molar-refractivity contribution in [2.24, 2.45) is 0 Å². The molecule has 0 fully saturated rings. The summed E-state index contributed by atoms with van der Waals surface area (Å²) in [5.74, 6) is -0.282. The van der Waals surface area contributed by atoms with Gasteiger partial charge in [0.25, 0.3) is 5.56 Å². The van der Waals surface area contributed by atoms with E-state index >= 15 is 0 Å². The molecule has 0 aliphatic heterocycles. The lowest BCUT2D eigenvalue weighted by atomic mass is 10.2. The number of halogens is 2. The van der Waals surface area contributed by atoms with Crippen LogP contribution in [-0.2, 0) is 11.3 Å².